The molecule has 0 aliphatic carbocycles. The Kier molecular flexibility index (Phi) is 2.44. The largest absolute Gasteiger partial charge is 0.316 e. The van der Waals surface area contributed by atoms with Gasteiger partial charge < -0.3 is 5.32 Å². The lowest BCUT2D eigenvalue weighted by Gasteiger charge is -2.09. The Morgan fingerprint density at radius 1 is 1.47 bits per heavy atom. The fourth-order valence-corrected chi connectivity index (χ4v) is 2.34. The minimum atomic E-state index is 0.0110. The Morgan fingerprint density at radius 2 is 2.35 bits per heavy atom. The summed E-state index contributed by atoms with van der Waals surface area (Å²) in [6.45, 7) is 3.95. The van der Waals surface area contributed by atoms with Gasteiger partial charge in [-0.05, 0) is 37.6 Å². The monoisotopic (exact) mass is 229 g/mol. The molecule has 2 aromatic heterocycles. The van der Waals surface area contributed by atoms with Gasteiger partial charge in [-0.2, -0.15) is 0 Å². The van der Waals surface area contributed by atoms with E-state index in [-0.39, 0.29) is 5.56 Å². The number of nitrogens with one attached hydrogen (secondary N) is 1. The molecule has 1 aliphatic rings. The molecule has 0 aromatic carbocycles. The molecule has 1 N–H and O–H groups in total. The third-order valence-corrected chi connectivity index (χ3v) is 3.32. The first-order chi connectivity index (χ1) is 8.24. The van der Waals surface area contributed by atoms with Crippen LogP contribution in [-0.4, -0.2) is 22.5 Å². The third-order valence-electron chi connectivity index (χ3n) is 3.32. The summed E-state index contributed by atoms with van der Waals surface area (Å²) in [6, 6.07) is 5.54. The molecule has 1 saturated heterocycles. The molecule has 1 aliphatic heterocycles. The van der Waals surface area contributed by atoms with Gasteiger partial charge >= 0.3 is 0 Å². The predicted molar refractivity (Wildman–Crippen MR) is 66.4 cm³/mol. The second-order valence-electron chi connectivity index (χ2n) is 4.64. The first kappa shape index (κ1) is 10.5. The van der Waals surface area contributed by atoms with Crippen molar-refractivity contribution >= 4 is 5.65 Å². The summed E-state index contributed by atoms with van der Waals surface area (Å²) in [4.78, 5) is 16.6. The lowest BCUT2D eigenvalue weighted by atomic mass is 10.0. The van der Waals surface area contributed by atoms with Crippen molar-refractivity contribution in [3.63, 3.8) is 0 Å². The molecule has 1 atom stereocenters. The van der Waals surface area contributed by atoms with Gasteiger partial charge in [0.05, 0.1) is 5.69 Å². The van der Waals surface area contributed by atoms with Crippen LogP contribution in [0.1, 0.15) is 23.6 Å². The summed E-state index contributed by atoms with van der Waals surface area (Å²) in [6.07, 6.45) is 2.85. The van der Waals surface area contributed by atoms with E-state index in [1.54, 1.807) is 16.7 Å². The van der Waals surface area contributed by atoms with Crippen molar-refractivity contribution in [3.05, 3.63) is 46.0 Å². The maximum Gasteiger partial charge on any atom is 0.258 e. The van der Waals surface area contributed by atoms with E-state index in [1.807, 2.05) is 19.1 Å². The average Bonchev–Trinajstić information content (AvgIpc) is 2.81. The zero-order valence-corrected chi connectivity index (χ0v) is 9.81. The van der Waals surface area contributed by atoms with Crippen LogP contribution in [0.15, 0.2) is 29.2 Å². The first-order valence-electron chi connectivity index (χ1n) is 5.95. The van der Waals surface area contributed by atoms with Gasteiger partial charge in [0.1, 0.15) is 5.65 Å². The highest BCUT2D eigenvalue weighted by Gasteiger charge is 2.18. The molecule has 17 heavy (non-hydrogen) atoms. The number of hydrogen-bond acceptors (Lipinski definition) is 3. The number of aryl methyl sites for hydroxylation is 1. The van der Waals surface area contributed by atoms with Crippen molar-refractivity contribution in [1.29, 1.82) is 0 Å². The summed E-state index contributed by atoms with van der Waals surface area (Å²) in [5.74, 6) is 0.383. The molecule has 2 aromatic rings. The molecule has 3 heterocycles. The third kappa shape index (κ3) is 1.85. The van der Waals surface area contributed by atoms with Crippen LogP contribution in [-0.2, 0) is 0 Å². The standard InChI is InChI=1S/C13H15N3O/c1-9-3-5-16-12(6-9)15-11(7-13(16)17)10-2-4-14-8-10/h3,5-7,10,14H,2,4,8H2,1H3. The van der Waals surface area contributed by atoms with Crippen LogP contribution in [0, 0.1) is 6.92 Å². The average molecular weight is 229 g/mol. The smallest absolute Gasteiger partial charge is 0.258 e. The van der Waals surface area contributed by atoms with Crippen LogP contribution in [0.5, 0.6) is 0 Å². The summed E-state index contributed by atoms with van der Waals surface area (Å²) < 4.78 is 1.60. The van der Waals surface area contributed by atoms with Crippen LogP contribution in [0.2, 0.25) is 0 Å². The van der Waals surface area contributed by atoms with E-state index in [4.69, 9.17) is 0 Å². The van der Waals surface area contributed by atoms with Gasteiger partial charge in [0.15, 0.2) is 0 Å². The Labute approximate surface area is 99.3 Å². The van der Waals surface area contributed by atoms with Gasteiger partial charge in [0.25, 0.3) is 5.56 Å². The number of aromatic nitrogens is 2. The van der Waals surface area contributed by atoms with Crippen molar-refractivity contribution in [2.75, 3.05) is 13.1 Å². The zero-order chi connectivity index (χ0) is 11.8. The maximum absolute atomic E-state index is 12.0. The lowest BCUT2D eigenvalue weighted by molar-refractivity contribution is 0.730. The topological polar surface area (TPSA) is 46.4 Å². The molecule has 0 spiro atoms. The quantitative estimate of drug-likeness (QED) is 0.796. The molecule has 0 saturated carbocycles. The van der Waals surface area contributed by atoms with Gasteiger partial charge in [-0.3, -0.25) is 9.20 Å². The Balaban J connectivity index is 2.18. The molecule has 1 unspecified atom stereocenters. The van der Waals surface area contributed by atoms with Crippen molar-refractivity contribution in [2.45, 2.75) is 19.3 Å². The molecule has 1 fully saturated rings. The fraction of sp³-hybridized carbons (Fsp3) is 0.385. The highest BCUT2D eigenvalue weighted by Crippen LogP contribution is 2.19. The molecule has 4 nitrogen and oxygen atoms in total. The van der Waals surface area contributed by atoms with E-state index < -0.39 is 0 Å². The summed E-state index contributed by atoms with van der Waals surface area (Å²) in [5, 5.41) is 3.30. The lowest BCUT2D eigenvalue weighted by Crippen LogP contribution is -2.18. The molecule has 0 bridgehead atoms. The van der Waals surface area contributed by atoms with Crippen molar-refractivity contribution in [1.82, 2.24) is 14.7 Å². The Hall–Kier alpha value is -1.68. The first-order valence-corrected chi connectivity index (χ1v) is 5.95. The molecule has 0 amide bonds. The van der Waals surface area contributed by atoms with Gasteiger partial charge in [-0.25, -0.2) is 4.98 Å². The van der Waals surface area contributed by atoms with E-state index in [0.717, 1.165) is 36.4 Å². The number of pyridine rings is 1. The number of rotatable bonds is 1. The van der Waals surface area contributed by atoms with Crippen LogP contribution >= 0.6 is 0 Å². The zero-order valence-electron chi connectivity index (χ0n) is 9.81. The van der Waals surface area contributed by atoms with Crippen LogP contribution in [0.3, 0.4) is 0 Å². The molecule has 88 valence electrons. The SMILES string of the molecule is Cc1ccn2c(=O)cc(C3CCNC3)nc2c1. The number of hydrogen-bond donors (Lipinski definition) is 1. The van der Waals surface area contributed by atoms with Crippen LogP contribution < -0.4 is 10.9 Å². The van der Waals surface area contributed by atoms with E-state index in [9.17, 15) is 4.79 Å². The Bertz CT molecular complexity index is 612. The highest BCUT2D eigenvalue weighted by atomic mass is 16.1. The maximum atomic E-state index is 12.0. The van der Waals surface area contributed by atoms with Crippen LogP contribution in [0.25, 0.3) is 5.65 Å². The number of fused-ring (bicyclic) bond motifs is 1. The van der Waals surface area contributed by atoms with Gasteiger partial charge in [-0.1, -0.05) is 0 Å². The molecular weight excluding hydrogens is 214 g/mol. The summed E-state index contributed by atoms with van der Waals surface area (Å²) >= 11 is 0. The normalized spacial score (nSPS) is 19.9. The van der Waals surface area contributed by atoms with Crippen molar-refractivity contribution < 1.29 is 0 Å². The van der Waals surface area contributed by atoms with E-state index in [0.29, 0.717) is 5.92 Å². The van der Waals surface area contributed by atoms with Gasteiger partial charge in [0.2, 0.25) is 0 Å². The fourth-order valence-electron chi connectivity index (χ4n) is 2.34. The second-order valence-corrected chi connectivity index (χ2v) is 4.64. The highest BCUT2D eigenvalue weighted by molar-refractivity contribution is 5.41. The second kappa shape index (κ2) is 3.96. The molecular formula is C13H15N3O. The number of nitrogens with zero attached hydrogens (tertiary/aromatic N) is 2. The van der Waals surface area contributed by atoms with Crippen molar-refractivity contribution in [3.8, 4) is 0 Å². The molecule has 4 heteroatoms. The van der Waals surface area contributed by atoms with E-state index >= 15 is 0 Å². The summed E-state index contributed by atoms with van der Waals surface area (Å²) in [7, 11) is 0. The van der Waals surface area contributed by atoms with E-state index in [1.165, 1.54) is 0 Å². The predicted octanol–water partition coefficient (Wildman–Crippen LogP) is 1.08. The Morgan fingerprint density at radius 3 is 3.12 bits per heavy atom. The van der Waals surface area contributed by atoms with Gasteiger partial charge in [0, 0.05) is 24.7 Å². The minimum absolute atomic E-state index is 0.0110. The summed E-state index contributed by atoms with van der Waals surface area (Å²) in [5.41, 5.74) is 2.81. The minimum Gasteiger partial charge on any atom is -0.316 e. The molecule has 0 radical (unpaired) electrons. The van der Waals surface area contributed by atoms with Crippen LogP contribution in [0.4, 0.5) is 0 Å². The van der Waals surface area contributed by atoms with Crippen molar-refractivity contribution in [2.24, 2.45) is 0 Å². The van der Waals surface area contributed by atoms with E-state index in [2.05, 4.69) is 10.3 Å². The molecule has 3 rings (SSSR count). The van der Waals surface area contributed by atoms with Gasteiger partial charge in [-0.15, -0.1) is 0 Å².